The second-order valence-electron chi connectivity index (χ2n) is 6.84. The first-order valence-electron chi connectivity index (χ1n) is 7.34. The van der Waals surface area contributed by atoms with Crippen molar-refractivity contribution in [3.63, 3.8) is 0 Å². The van der Waals surface area contributed by atoms with Crippen LogP contribution in [0.4, 0.5) is 4.79 Å². The molecule has 0 aromatic heterocycles. The van der Waals surface area contributed by atoms with E-state index in [9.17, 15) is 4.79 Å². The molecule has 0 bridgehead atoms. The fraction of sp³-hybridized carbons (Fsp3) is 0.562. The fourth-order valence-electron chi connectivity index (χ4n) is 2.80. The number of nitrogens with one attached hydrogen (secondary N) is 1. The summed E-state index contributed by atoms with van der Waals surface area (Å²) in [5.41, 5.74) is 2.15. The lowest BCUT2D eigenvalue weighted by Gasteiger charge is -2.37. The molecule has 1 N–H and O–H groups in total. The molecule has 0 aliphatic carbocycles. The van der Waals surface area contributed by atoms with Crippen molar-refractivity contribution in [1.29, 1.82) is 0 Å². The summed E-state index contributed by atoms with van der Waals surface area (Å²) in [6.07, 6.45) is 0.837. The molecule has 0 saturated carbocycles. The van der Waals surface area contributed by atoms with E-state index in [1.54, 1.807) is 0 Å². The predicted molar refractivity (Wildman–Crippen MR) is 79.6 cm³/mol. The minimum Gasteiger partial charge on any atom is -0.454 e. The van der Waals surface area contributed by atoms with E-state index < -0.39 is 0 Å². The van der Waals surface area contributed by atoms with Crippen LogP contribution in [0.15, 0.2) is 12.1 Å². The molecule has 1 atom stereocenters. The number of urea groups is 1. The Bertz CT molecular complexity index is 578. The summed E-state index contributed by atoms with van der Waals surface area (Å²) >= 11 is 0. The molecule has 1 unspecified atom stereocenters. The number of ether oxygens (including phenoxy) is 2. The lowest BCUT2D eigenvalue weighted by Crippen LogP contribution is -2.52. The minimum absolute atomic E-state index is 0.0154. The molecule has 1 aromatic rings. The zero-order chi connectivity index (χ0) is 15.2. The van der Waals surface area contributed by atoms with Crippen LogP contribution in [0.2, 0.25) is 0 Å². The number of carbonyl (C=O) groups excluding carboxylic acids is 1. The molecule has 21 heavy (non-hydrogen) atoms. The Morgan fingerprint density at radius 1 is 1.24 bits per heavy atom. The van der Waals surface area contributed by atoms with Crippen molar-refractivity contribution in [2.45, 2.75) is 52.2 Å². The fourth-order valence-corrected chi connectivity index (χ4v) is 2.80. The molecule has 2 heterocycles. The zero-order valence-electron chi connectivity index (χ0n) is 13.0. The second kappa shape index (κ2) is 4.83. The SMILES string of the molecule is CC1Cc2cc3c(cc2CN1C(=O)NC(C)(C)C)OCO3. The number of nitrogens with zero attached hydrogens (tertiary/aromatic N) is 1. The van der Waals surface area contributed by atoms with Crippen LogP contribution >= 0.6 is 0 Å². The summed E-state index contributed by atoms with van der Waals surface area (Å²) in [6.45, 7) is 8.94. The standard InChI is InChI=1S/C16H22N2O3/c1-10-5-11-6-13-14(21-9-20-13)7-12(11)8-18(10)15(19)17-16(2,3)4/h6-7,10H,5,8-9H2,1-4H3,(H,17,19). The van der Waals surface area contributed by atoms with E-state index in [2.05, 4.69) is 12.2 Å². The summed E-state index contributed by atoms with van der Waals surface area (Å²) in [7, 11) is 0. The maximum absolute atomic E-state index is 12.4. The molecular formula is C16H22N2O3. The van der Waals surface area contributed by atoms with Crippen molar-refractivity contribution in [3.8, 4) is 11.5 Å². The van der Waals surface area contributed by atoms with Gasteiger partial charge in [-0.3, -0.25) is 0 Å². The molecule has 1 aromatic carbocycles. The highest BCUT2D eigenvalue weighted by atomic mass is 16.7. The van der Waals surface area contributed by atoms with Gasteiger partial charge in [0.05, 0.1) is 0 Å². The number of carbonyl (C=O) groups is 1. The number of hydrogen-bond donors (Lipinski definition) is 1. The van der Waals surface area contributed by atoms with E-state index in [4.69, 9.17) is 9.47 Å². The molecule has 114 valence electrons. The Labute approximate surface area is 125 Å². The average Bonchev–Trinajstić information content (AvgIpc) is 2.80. The zero-order valence-corrected chi connectivity index (χ0v) is 13.0. The highest BCUT2D eigenvalue weighted by Crippen LogP contribution is 2.37. The smallest absolute Gasteiger partial charge is 0.318 e. The van der Waals surface area contributed by atoms with Crippen LogP contribution < -0.4 is 14.8 Å². The third kappa shape index (κ3) is 2.77. The Hall–Kier alpha value is -1.91. The van der Waals surface area contributed by atoms with E-state index in [1.165, 1.54) is 5.56 Å². The van der Waals surface area contributed by atoms with Gasteiger partial charge in [0.2, 0.25) is 6.79 Å². The highest BCUT2D eigenvalue weighted by Gasteiger charge is 2.30. The van der Waals surface area contributed by atoms with E-state index in [-0.39, 0.29) is 24.4 Å². The van der Waals surface area contributed by atoms with Crippen molar-refractivity contribution >= 4 is 6.03 Å². The van der Waals surface area contributed by atoms with Crippen LogP contribution in [0.5, 0.6) is 11.5 Å². The van der Waals surface area contributed by atoms with Crippen LogP contribution in [0.25, 0.3) is 0 Å². The number of hydrogen-bond acceptors (Lipinski definition) is 3. The molecule has 0 saturated heterocycles. The molecule has 0 radical (unpaired) electrons. The van der Waals surface area contributed by atoms with Crippen molar-refractivity contribution in [3.05, 3.63) is 23.3 Å². The molecule has 2 aliphatic rings. The highest BCUT2D eigenvalue weighted by molar-refractivity contribution is 5.76. The first-order valence-corrected chi connectivity index (χ1v) is 7.34. The van der Waals surface area contributed by atoms with Crippen LogP contribution in [0.1, 0.15) is 38.8 Å². The van der Waals surface area contributed by atoms with Gasteiger partial charge in [-0.25, -0.2) is 4.79 Å². The number of rotatable bonds is 0. The molecular weight excluding hydrogens is 268 g/mol. The number of fused-ring (bicyclic) bond motifs is 2. The van der Waals surface area contributed by atoms with E-state index in [1.807, 2.05) is 37.8 Å². The third-order valence-electron chi connectivity index (χ3n) is 3.83. The van der Waals surface area contributed by atoms with Gasteiger partial charge in [0, 0.05) is 18.1 Å². The third-order valence-corrected chi connectivity index (χ3v) is 3.83. The van der Waals surface area contributed by atoms with Gasteiger partial charge in [0.1, 0.15) is 0 Å². The average molecular weight is 290 g/mol. The molecule has 0 fully saturated rings. The summed E-state index contributed by atoms with van der Waals surface area (Å²) in [6, 6.07) is 4.20. The second-order valence-corrected chi connectivity index (χ2v) is 6.84. The summed E-state index contributed by atoms with van der Waals surface area (Å²) in [5, 5.41) is 3.03. The lowest BCUT2D eigenvalue weighted by molar-refractivity contribution is 0.160. The molecule has 2 amide bonds. The van der Waals surface area contributed by atoms with Gasteiger partial charge in [-0.2, -0.15) is 0 Å². The molecule has 0 spiro atoms. The summed E-state index contributed by atoms with van der Waals surface area (Å²) in [5.74, 6) is 1.59. The van der Waals surface area contributed by atoms with E-state index in [0.717, 1.165) is 23.5 Å². The molecule has 2 aliphatic heterocycles. The van der Waals surface area contributed by atoms with Gasteiger partial charge in [-0.1, -0.05) is 0 Å². The molecule has 3 rings (SSSR count). The van der Waals surface area contributed by atoms with E-state index >= 15 is 0 Å². The van der Waals surface area contributed by atoms with Crippen molar-refractivity contribution in [1.82, 2.24) is 10.2 Å². The van der Waals surface area contributed by atoms with Crippen LogP contribution in [0.3, 0.4) is 0 Å². The first-order chi connectivity index (χ1) is 9.83. The van der Waals surface area contributed by atoms with Gasteiger partial charge >= 0.3 is 6.03 Å². The quantitative estimate of drug-likeness (QED) is 0.799. The maximum Gasteiger partial charge on any atom is 0.318 e. The van der Waals surface area contributed by atoms with Crippen molar-refractivity contribution in [2.24, 2.45) is 0 Å². The largest absolute Gasteiger partial charge is 0.454 e. The van der Waals surface area contributed by atoms with Gasteiger partial charge in [-0.05, 0) is 57.4 Å². The Morgan fingerprint density at radius 3 is 2.48 bits per heavy atom. The van der Waals surface area contributed by atoms with Crippen LogP contribution in [-0.4, -0.2) is 29.3 Å². The summed E-state index contributed by atoms with van der Waals surface area (Å²) in [4.78, 5) is 14.3. The van der Waals surface area contributed by atoms with Crippen LogP contribution in [0, 0.1) is 0 Å². The van der Waals surface area contributed by atoms with Gasteiger partial charge in [0.15, 0.2) is 11.5 Å². The number of benzene rings is 1. The molecule has 5 heteroatoms. The van der Waals surface area contributed by atoms with Gasteiger partial charge in [-0.15, -0.1) is 0 Å². The summed E-state index contributed by atoms with van der Waals surface area (Å²) < 4.78 is 10.9. The Morgan fingerprint density at radius 2 is 1.86 bits per heavy atom. The predicted octanol–water partition coefficient (Wildman–Crippen LogP) is 2.67. The van der Waals surface area contributed by atoms with Gasteiger partial charge < -0.3 is 19.7 Å². The normalized spacial score (nSPS) is 20.2. The van der Waals surface area contributed by atoms with Crippen molar-refractivity contribution < 1.29 is 14.3 Å². The van der Waals surface area contributed by atoms with Crippen LogP contribution in [-0.2, 0) is 13.0 Å². The molecule has 5 nitrogen and oxygen atoms in total. The van der Waals surface area contributed by atoms with Gasteiger partial charge in [0.25, 0.3) is 0 Å². The number of amides is 2. The van der Waals surface area contributed by atoms with Crippen molar-refractivity contribution in [2.75, 3.05) is 6.79 Å². The minimum atomic E-state index is -0.230. The Kier molecular flexibility index (Phi) is 3.23. The first kappa shape index (κ1) is 14.0. The monoisotopic (exact) mass is 290 g/mol. The maximum atomic E-state index is 12.4. The Balaban J connectivity index is 1.83. The van der Waals surface area contributed by atoms with E-state index in [0.29, 0.717) is 6.54 Å². The topological polar surface area (TPSA) is 50.8 Å². The lowest BCUT2D eigenvalue weighted by atomic mass is 9.94.